The van der Waals surface area contributed by atoms with Crippen LogP contribution in [-0.2, 0) is 4.79 Å². The Morgan fingerprint density at radius 2 is 2.27 bits per heavy atom. The molecule has 0 aromatic heterocycles. The van der Waals surface area contributed by atoms with E-state index in [9.17, 15) is 19.1 Å². The number of phenolic OH excluding ortho intramolecular Hbond substituents is 1. The lowest BCUT2D eigenvalue weighted by Gasteiger charge is -2.31. The number of amides is 2. The number of phenols is 1. The largest absolute Gasteiger partial charge is 0.507 e. The summed E-state index contributed by atoms with van der Waals surface area (Å²) in [7, 11) is 0. The van der Waals surface area contributed by atoms with E-state index >= 15 is 0 Å². The molecule has 22 heavy (non-hydrogen) atoms. The lowest BCUT2D eigenvalue weighted by atomic mass is 9.98. The third kappa shape index (κ3) is 3.63. The standard InChI is InChI=1S/C16H19FN2O3/c1-2-15(21)18-12-5-6-14(20)13(8-12)16(22)19-7-3-4-11(9-17)10-19/h2,5-6,8,11,20H,1,3-4,7,9-10H2,(H,18,21). The van der Waals surface area contributed by atoms with Crippen LogP contribution in [0.1, 0.15) is 23.2 Å². The number of carbonyl (C=O) groups is 2. The van der Waals surface area contributed by atoms with Crippen LogP contribution in [0, 0.1) is 5.92 Å². The predicted molar refractivity (Wildman–Crippen MR) is 81.5 cm³/mol. The first-order valence-electron chi connectivity index (χ1n) is 7.16. The first-order chi connectivity index (χ1) is 10.5. The molecule has 0 bridgehead atoms. The fourth-order valence-corrected chi connectivity index (χ4v) is 2.52. The zero-order valence-electron chi connectivity index (χ0n) is 12.2. The first-order valence-corrected chi connectivity index (χ1v) is 7.16. The molecule has 118 valence electrons. The first kappa shape index (κ1) is 16.0. The average Bonchev–Trinajstić information content (AvgIpc) is 2.55. The second kappa shape index (κ2) is 7.06. The monoisotopic (exact) mass is 306 g/mol. The number of halogens is 1. The summed E-state index contributed by atoms with van der Waals surface area (Å²) in [6.07, 6.45) is 2.63. The molecular formula is C16H19FN2O3. The van der Waals surface area contributed by atoms with Gasteiger partial charge in [0.05, 0.1) is 12.2 Å². The van der Waals surface area contributed by atoms with Gasteiger partial charge < -0.3 is 15.3 Å². The van der Waals surface area contributed by atoms with Crippen LogP contribution >= 0.6 is 0 Å². The maximum Gasteiger partial charge on any atom is 0.257 e. The van der Waals surface area contributed by atoms with E-state index < -0.39 is 12.6 Å². The van der Waals surface area contributed by atoms with Crippen molar-refractivity contribution in [2.75, 3.05) is 25.1 Å². The van der Waals surface area contributed by atoms with Gasteiger partial charge >= 0.3 is 0 Å². The Kier molecular flexibility index (Phi) is 5.14. The van der Waals surface area contributed by atoms with Crippen LogP contribution in [0.5, 0.6) is 5.75 Å². The molecule has 0 spiro atoms. The van der Waals surface area contributed by atoms with E-state index in [0.29, 0.717) is 18.8 Å². The van der Waals surface area contributed by atoms with Crippen molar-refractivity contribution < 1.29 is 19.1 Å². The van der Waals surface area contributed by atoms with Crippen LogP contribution in [0.4, 0.5) is 10.1 Å². The molecule has 0 saturated carbocycles. The summed E-state index contributed by atoms with van der Waals surface area (Å²) in [5.41, 5.74) is 0.492. The van der Waals surface area contributed by atoms with Crippen molar-refractivity contribution in [1.82, 2.24) is 4.90 Å². The van der Waals surface area contributed by atoms with Crippen molar-refractivity contribution in [3.8, 4) is 5.75 Å². The number of nitrogens with zero attached hydrogens (tertiary/aromatic N) is 1. The maximum atomic E-state index is 12.8. The smallest absolute Gasteiger partial charge is 0.257 e. The van der Waals surface area contributed by atoms with Gasteiger partial charge in [0.2, 0.25) is 5.91 Å². The van der Waals surface area contributed by atoms with Crippen LogP contribution in [-0.4, -0.2) is 41.6 Å². The van der Waals surface area contributed by atoms with Crippen molar-refractivity contribution in [1.29, 1.82) is 0 Å². The van der Waals surface area contributed by atoms with Crippen molar-refractivity contribution in [2.24, 2.45) is 5.92 Å². The molecule has 2 N–H and O–H groups in total. The summed E-state index contributed by atoms with van der Waals surface area (Å²) < 4.78 is 12.8. The number of rotatable bonds is 4. The second-order valence-corrected chi connectivity index (χ2v) is 5.34. The van der Waals surface area contributed by atoms with Gasteiger partial charge in [-0.1, -0.05) is 6.58 Å². The molecule has 0 aliphatic carbocycles. The highest BCUT2D eigenvalue weighted by molar-refractivity contribution is 6.02. The molecule has 1 unspecified atom stereocenters. The average molecular weight is 306 g/mol. The minimum absolute atomic E-state index is 0.0985. The van der Waals surface area contributed by atoms with Crippen molar-refractivity contribution in [3.63, 3.8) is 0 Å². The summed E-state index contributed by atoms with van der Waals surface area (Å²) in [4.78, 5) is 25.3. The quantitative estimate of drug-likeness (QED) is 0.662. The summed E-state index contributed by atoms with van der Waals surface area (Å²) >= 11 is 0. The SMILES string of the molecule is C=CC(=O)Nc1ccc(O)c(C(=O)N2CCCC(CF)C2)c1. The van der Waals surface area contributed by atoms with Gasteiger partial charge in [0.25, 0.3) is 5.91 Å². The molecule has 1 atom stereocenters. The lowest BCUT2D eigenvalue weighted by Crippen LogP contribution is -2.40. The van der Waals surface area contributed by atoms with E-state index in [1.165, 1.54) is 18.2 Å². The third-order valence-corrected chi connectivity index (χ3v) is 3.70. The number of hydrogen-bond donors (Lipinski definition) is 2. The zero-order chi connectivity index (χ0) is 16.1. The highest BCUT2D eigenvalue weighted by Gasteiger charge is 2.26. The molecule has 2 rings (SSSR count). The predicted octanol–water partition coefficient (Wildman–Crippen LogP) is 2.34. The molecule has 6 heteroatoms. The molecule has 5 nitrogen and oxygen atoms in total. The molecule has 1 aromatic rings. The normalized spacial score (nSPS) is 17.9. The van der Waals surface area contributed by atoms with E-state index in [1.54, 1.807) is 4.90 Å². The fourth-order valence-electron chi connectivity index (χ4n) is 2.52. The highest BCUT2D eigenvalue weighted by atomic mass is 19.1. The van der Waals surface area contributed by atoms with Gasteiger partial charge in [-0.2, -0.15) is 0 Å². The van der Waals surface area contributed by atoms with Gasteiger partial charge in [0.1, 0.15) is 5.75 Å². The van der Waals surface area contributed by atoms with E-state index in [1.807, 2.05) is 0 Å². The second-order valence-electron chi connectivity index (χ2n) is 5.34. The van der Waals surface area contributed by atoms with Gasteiger partial charge in [-0.05, 0) is 37.1 Å². The van der Waals surface area contributed by atoms with Gasteiger partial charge in [-0.15, -0.1) is 0 Å². The van der Waals surface area contributed by atoms with E-state index in [0.717, 1.165) is 18.9 Å². The number of anilines is 1. The summed E-state index contributed by atoms with van der Waals surface area (Å²) in [6.45, 7) is 3.78. The Morgan fingerprint density at radius 1 is 1.50 bits per heavy atom. The molecule has 1 aromatic carbocycles. The molecule has 1 fully saturated rings. The Labute approximate surface area is 128 Å². The maximum absolute atomic E-state index is 12.8. The zero-order valence-corrected chi connectivity index (χ0v) is 12.2. The van der Waals surface area contributed by atoms with Crippen LogP contribution in [0.2, 0.25) is 0 Å². The number of benzene rings is 1. The molecule has 1 heterocycles. The molecule has 2 amide bonds. The van der Waals surface area contributed by atoms with Gasteiger partial charge in [-0.25, -0.2) is 0 Å². The summed E-state index contributed by atoms with van der Waals surface area (Å²) in [5, 5.41) is 12.4. The topological polar surface area (TPSA) is 69.6 Å². The Morgan fingerprint density at radius 3 is 2.95 bits per heavy atom. The molecule has 0 radical (unpaired) electrons. The molecular weight excluding hydrogens is 287 g/mol. The number of hydrogen-bond acceptors (Lipinski definition) is 3. The van der Waals surface area contributed by atoms with Crippen molar-refractivity contribution >= 4 is 17.5 Å². The van der Waals surface area contributed by atoms with Crippen LogP contribution in [0.15, 0.2) is 30.9 Å². The fraction of sp³-hybridized carbons (Fsp3) is 0.375. The van der Waals surface area contributed by atoms with Gasteiger partial charge in [-0.3, -0.25) is 14.0 Å². The number of nitrogens with one attached hydrogen (secondary N) is 1. The number of aromatic hydroxyl groups is 1. The van der Waals surface area contributed by atoms with E-state index in [-0.39, 0.29) is 23.1 Å². The number of likely N-dealkylation sites (tertiary alicyclic amines) is 1. The van der Waals surface area contributed by atoms with Crippen molar-refractivity contribution in [3.05, 3.63) is 36.4 Å². The van der Waals surface area contributed by atoms with E-state index in [4.69, 9.17) is 0 Å². The number of carbonyl (C=O) groups excluding carboxylic acids is 2. The van der Waals surface area contributed by atoms with Gasteiger partial charge in [0, 0.05) is 24.7 Å². The molecule has 1 saturated heterocycles. The molecule has 1 aliphatic heterocycles. The third-order valence-electron chi connectivity index (χ3n) is 3.70. The molecule has 1 aliphatic rings. The van der Waals surface area contributed by atoms with E-state index in [2.05, 4.69) is 11.9 Å². The van der Waals surface area contributed by atoms with Crippen molar-refractivity contribution in [2.45, 2.75) is 12.8 Å². The number of piperidine rings is 1. The minimum atomic E-state index is -0.453. The van der Waals surface area contributed by atoms with Crippen LogP contribution in [0.25, 0.3) is 0 Å². The summed E-state index contributed by atoms with van der Waals surface area (Å²) in [6, 6.07) is 4.26. The minimum Gasteiger partial charge on any atom is -0.507 e. The summed E-state index contributed by atoms with van der Waals surface area (Å²) in [5.74, 6) is -1.07. The van der Waals surface area contributed by atoms with Gasteiger partial charge in [0.15, 0.2) is 0 Å². The van der Waals surface area contributed by atoms with Crippen LogP contribution < -0.4 is 5.32 Å². The Bertz CT molecular complexity index is 589. The highest BCUT2D eigenvalue weighted by Crippen LogP contribution is 2.26. The Balaban J connectivity index is 2.19. The van der Waals surface area contributed by atoms with Crippen LogP contribution in [0.3, 0.4) is 0 Å². The Hall–Kier alpha value is -2.37. The lowest BCUT2D eigenvalue weighted by molar-refractivity contribution is -0.111. The number of alkyl halides is 1.